The second-order valence-corrected chi connectivity index (χ2v) is 1.51. The third-order valence-electron chi connectivity index (χ3n) is 0.675. The molecule has 0 radical (unpaired) electrons. The van der Waals surface area contributed by atoms with Gasteiger partial charge in [-0.2, -0.15) is 0 Å². The van der Waals surface area contributed by atoms with Gasteiger partial charge in [-0.25, -0.2) is 4.39 Å². The molecule has 0 aliphatic rings. The standard InChI is InChI=1S/C5H11FN2/c1-2-3-8-5(7)4-6/h2-4H2,1H3,(H2,7,8). The molecular weight excluding hydrogens is 107 g/mol. The molecule has 0 aromatic rings. The Morgan fingerprint density at radius 1 is 1.75 bits per heavy atom. The number of hydrogen-bond donors (Lipinski definition) is 1. The molecule has 0 rings (SSSR count). The van der Waals surface area contributed by atoms with Gasteiger partial charge in [-0.1, -0.05) is 6.92 Å². The van der Waals surface area contributed by atoms with Gasteiger partial charge in [-0.05, 0) is 6.42 Å². The Labute approximate surface area is 48.6 Å². The van der Waals surface area contributed by atoms with Crippen LogP contribution in [0.2, 0.25) is 0 Å². The smallest absolute Gasteiger partial charge is 0.146 e. The van der Waals surface area contributed by atoms with Crippen molar-refractivity contribution in [3.8, 4) is 0 Å². The Hall–Kier alpha value is -0.600. The first kappa shape index (κ1) is 7.40. The average Bonchev–Trinajstić information content (AvgIpc) is 1.83. The van der Waals surface area contributed by atoms with E-state index in [0.717, 1.165) is 6.42 Å². The van der Waals surface area contributed by atoms with Crippen LogP contribution in [0.3, 0.4) is 0 Å². The fourth-order valence-electron chi connectivity index (χ4n) is 0.298. The molecule has 0 aliphatic heterocycles. The number of nitrogens with two attached hydrogens (primary N) is 1. The number of amidine groups is 1. The summed E-state index contributed by atoms with van der Waals surface area (Å²) in [5, 5.41) is 0. The van der Waals surface area contributed by atoms with Crippen molar-refractivity contribution in [2.45, 2.75) is 13.3 Å². The molecular formula is C5H11FN2. The zero-order chi connectivity index (χ0) is 6.41. The van der Waals surface area contributed by atoms with Crippen molar-refractivity contribution in [3.05, 3.63) is 0 Å². The van der Waals surface area contributed by atoms with E-state index in [-0.39, 0.29) is 5.84 Å². The molecule has 0 unspecified atom stereocenters. The Balaban J connectivity index is 3.26. The second-order valence-electron chi connectivity index (χ2n) is 1.51. The van der Waals surface area contributed by atoms with Gasteiger partial charge in [0.05, 0.1) is 0 Å². The highest BCUT2D eigenvalue weighted by Gasteiger charge is 1.84. The van der Waals surface area contributed by atoms with Crippen molar-refractivity contribution in [3.63, 3.8) is 0 Å². The van der Waals surface area contributed by atoms with Crippen LogP contribution in [0, 0.1) is 0 Å². The summed E-state index contributed by atoms with van der Waals surface area (Å²) < 4.78 is 11.5. The summed E-state index contributed by atoms with van der Waals surface area (Å²) in [5.74, 6) is 0.104. The number of alkyl halides is 1. The van der Waals surface area contributed by atoms with Crippen molar-refractivity contribution >= 4 is 5.84 Å². The molecule has 3 heteroatoms. The lowest BCUT2D eigenvalue weighted by Gasteiger charge is -1.89. The van der Waals surface area contributed by atoms with Crippen LogP contribution in [-0.2, 0) is 0 Å². The SMILES string of the molecule is CCCN=C(N)CF. The number of hydrogen-bond acceptors (Lipinski definition) is 1. The minimum atomic E-state index is -0.625. The summed E-state index contributed by atoms with van der Waals surface area (Å²) in [6, 6.07) is 0. The molecule has 8 heavy (non-hydrogen) atoms. The maximum Gasteiger partial charge on any atom is 0.146 e. The summed E-state index contributed by atoms with van der Waals surface area (Å²) in [6.45, 7) is 1.98. The van der Waals surface area contributed by atoms with Crippen molar-refractivity contribution < 1.29 is 4.39 Å². The lowest BCUT2D eigenvalue weighted by Crippen LogP contribution is -2.13. The molecule has 2 nitrogen and oxygen atoms in total. The summed E-state index contributed by atoms with van der Waals surface area (Å²) >= 11 is 0. The van der Waals surface area contributed by atoms with Crippen molar-refractivity contribution in [2.75, 3.05) is 13.2 Å². The Bertz CT molecular complexity index is 80.5. The van der Waals surface area contributed by atoms with E-state index in [1.165, 1.54) is 0 Å². The van der Waals surface area contributed by atoms with Gasteiger partial charge < -0.3 is 5.73 Å². The molecule has 0 bridgehead atoms. The fraction of sp³-hybridized carbons (Fsp3) is 0.800. The fourth-order valence-corrected chi connectivity index (χ4v) is 0.298. The Morgan fingerprint density at radius 3 is 2.75 bits per heavy atom. The summed E-state index contributed by atoms with van der Waals surface area (Å²) in [5.41, 5.74) is 5.03. The number of nitrogens with zero attached hydrogens (tertiary/aromatic N) is 1. The minimum Gasteiger partial charge on any atom is -0.385 e. The van der Waals surface area contributed by atoms with Crippen molar-refractivity contribution in [1.82, 2.24) is 0 Å². The monoisotopic (exact) mass is 118 g/mol. The summed E-state index contributed by atoms with van der Waals surface area (Å²) in [4.78, 5) is 3.68. The van der Waals surface area contributed by atoms with Crippen LogP contribution in [0.1, 0.15) is 13.3 Å². The van der Waals surface area contributed by atoms with E-state index in [9.17, 15) is 4.39 Å². The molecule has 2 N–H and O–H groups in total. The van der Waals surface area contributed by atoms with Gasteiger partial charge in [-0.15, -0.1) is 0 Å². The average molecular weight is 118 g/mol. The minimum absolute atomic E-state index is 0.104. The van der Waals surface area contributed by atoms with E-state index >= 15 is 0 Å². The Morgan fingerprint density at radius 2 is 2.38 bits per heavy atom. The highest BCUT2D eigenvalue weighted by molar-refractivity contribution is 5.81. The van der Waals surface area contributed by atoms with E-state index < -0.39 is 6.67 Å². The maximum atomic E-state index is 11.5. The van der Waals surface area contributed by atoms with E-state index in [1.54, 1.807) is 0 Å². The molecule has 0 amide bonds. The summed E-state index contributed by atoms with van der Waals surface area (Å²) in [7, 11) is 0. The zero-order valence-corrected chi connectivity index (χ0v) is 5.02. The molecule has 0 atom stereocenters. The van der Waals surface area contributed by atoms with Gasteiger partial charge >= 0.3 is 0 Å². The largest absolute Gasteiger partial charge is 0.385 e. The van der Waals surface area contributed by atoms with Crippen LogP contribution in [0.25, 0.3) is 0 Å². The van der Waals surface area contributed by atoms with Gasteiger partial charge in [-0.3, -0.25) is 4.99 Å². The predicted octanol–water partition coefficient (Wildman–Crippen LogP) is 0.723. The number of aliphatic imine (C=N–C) groups is 1. The highest BCUT2D eigenvalue weighted by Crippen LogP contribution is 1.77. The zero-order valence-electron chi connectivity index (χ0n) is 5.02. The van der Waals surface area contributed by atoms with E-state index in [2.05, 4.69) is 4.99 Å². The van der Waals surface area contributed by atoms with E-state index in [1.807, 2.05) is 6.92 Å². The lowest BCUT2D eigenvalue weighted by molar-refractivity contribution is 0.577. The lowest BCUT2D eigenvalue weighted by atomic mass is 10.5. The van der Waals surface area contributed by atoms with Gasteiger partial charge in [0.15, 0.2) is 0 Å². The molecule has 0 spiro atoms. The molecule has 48 valence electrons. The summed E-state index contributed by atoms with van der Waals surface area (Å²) in [6.07, 6.45) is 0.917. The number of halogens is 1. The third kappa shape index (κ3) is 3.59. The maximum absolute atomic E-state index is 11.5. The molecule has 0 heterocycles. The van der Waals surface area contributed by atoms with Crippen LogP contribution in [-0.4, -0.2) is 19.1 Å². The highest BCUT2D eigenvalue weighted by atomic mass is 19.1. The van der Waals surface area contributed by atoms with Crippen LogP contribution in [0.4, 0.5) is 4.39 Å². The topological polar surface area (TPSA) is 38.4 Å². The second kappa shape index (κ2) is 4.56. The molecule has 0 aromatic heterocycles. The normalized spacial score (nSPS) is 12.0. The van der Waals surface area contributed by atoms with Crippen LogP contribution < -0.4 is 5.73 Å². The van der Waals surface area contributed by atoms with E-state index in [4.69, 9.17) is 5.73 Å². The van der Waals surface area contributed by atoms with Crippen molar-refractivity contribution in [1.29, 1.82) is 0 Å². The van der Waals surface area contributed by atoms with Gasteiger partial charge in [0.1, 0.15) is 12.5 Å². The van der Waals surface area contributed by atoms with E-state index in [0.29, 0.717) is 6.54 Å². The molecule has 0 saturated carbocycles. The van der Waals surface area contributed by atoms with Crippen molar-refractivity contribution in [2.24, 2.45) is 10.7 Å². The first-order valence-corrected chi connectivity index (χ1v) is 2.66. The van der Waals surface area contributed by atoms with Gasteiger partial charge in [0.2, 0.25) is 0 Å². The van der Waals surface area contributed by atoms with Crippen LogP contribution >= 0.6 is 0 Å². The third-order valence-corrected chi connectivity index (χ3v) is 0.675. The Kier molecular flexibility index (Phi) is 4.21. The molecule has 0 aliphatic carbocycles. The van der Waals surface area contributed by atoms with Gasteiger partial charge in [0.25, 0.3) is 0 Å². The molecule has 0 fully saturated rings. The predicted molar refractivity (Wildman–Crippen MR) is 32.8 cm³/mol. The molecule has 0 aromatic carbocycles. The number of rotatable bonds is 3. The molecule has 0 saturated heterocycles. The van der Waals surface area contributed by atoms with Crippen LogP contribution in [0.15, 0.2) is 4.99 Å². The van der Waals surface area contributed by atoms with Gasteiger partial charge in [0, 0.05) is 6.54 Å². The first-order chi connectivity index (χ1) is 3.81. The first-order valence-electron chi connectivity index (χ1n) is 2.66. The quantitative estimate of drug-likeness (QED) is 0.430. The van der Waals surface area contributed by atoms with Crippen LogP contribution in [0.5, 0.6) is 0 Å².